The van der Waals surface area contributed by atoms with Crippen molar-refractivity contribution in [3.05, 3.63) is 71.8 Å². The van der Waals surface area contributed by atoms with E-state index >= 15 is 0 Å². The van der Waals surface area contributed by atoms with Gasteiger partial charge in [-0.3, -0.25) is 14.4 Å². The molecule has 2 aromatic carbocycles. The van der Waals surface area contributed by atoms with Crippen molar-refractivity contribution in [2.24, 2.45) is 5.73 Å². The normalized spacial score (nSPS) is 11.6. The molecule has 10 heteroatoms. The summed E-state index contributed by atoms with van der Waals surface area (Å²) in [7, 11) is 0. The van der Waals surface area contributed by atoms with Crippen molar-refractivity contribution in [1.82, 2.24) is 4.98 Å². The van der Waals surface area contributed by atoms with Crippen LogP contribution in [0, 0.1) is 11.6 Å². The van der Waals surface area contributed by atoms with Crippen LogP contribution in [0.15, 0.2) is 53.1 Å². The topological polar surface area (TPSA) is 125 Å². The first-order chi connectivity index (χ1) is 15.2. The number of halogens is 2. The van der Waals surface area contributed by atoms with E-state index in [1.807, 2.05) is 0 Å². The van der Waals surface area contributed by atoms with Crippen molar-refractivity contribution < 1.29 is 32.3 Å². The molecule has 1 atom stereocenters. The van der Waals surface area contributed by atoms with E-state index in [1.165, 1.54) is 43.5 Å². The number of nitrogens with two attached hydrogens (primary N) is 1. The van der Waals surface area contributed by atoms with Gasteiger partial charge in [0.05, 0.1) is 18.2 Å². The van der Waals surface area contributed by atoms with Gasteiger partial charge in [0.2, 0.25) is 5.91 Å². The molecule has 3 rings (SSSR count). The minimum Gasteiger partial charge on any atom is -0.453 e. The summed E-state index contributed by atoms with van der Waals surface area (Å²) in [4.78, 5) is 39.3. The fraction of sp³-hybridized carbons (Fsp3) is 0.182. The molecule has 0 saturated heterocycles. The van der Waals surface area contributed by atoms with Crippen LogP contribution in [0.3, 0.4) is 0 Å². The van der Waals surface area contributed by atoms with Crippen molar-refractivity contribution in [2.45, 2.75) is 25.9 Å². The van der Waals surface area contributed by atoms with Crippen molar-refractivity contribution in [2.75, 3.05) is 5.32 Å². The van der Waals surface area contributed by atoms with Gasteiger partial charge in [-0.2, -0.15) is 0 Å². The Balaban J connectivity index is 1.49. The Labute approximate surface area is 181 Å². The number of nitrogens with one attached hydrogen (secondary N) is 1. The molecule has 0 aliphatic rings. The molecule has 2 amide bonds. The first-order valence-electron chi connectivity index (χ1n) is 9.53. The van der Waals surface area contributed by atoms with Crippen molar-refractivity contribution in [1.29, 1.82) is 0 Å². The predicted molar refractivity (Wildman–Crippen MR) is 109 cm³/mol. The number of primary amides is 1. The number of amides is 2. The highest BCUT2D eigenvalue weighted by molar-refractivity contribution is 5.96. The second-order valence-electron chi connectivity index (χ2n) is 6.81. The van der Waals surface area contributed by atoms with Crippen LogP contribution >= 0.6 is 0 Å². The summed E-state index contributed by atoms with van der Waals surface area (Å²) >= 11 is 0. The van der Waals surface area contributed by atoms with Crippen molar-refractivity contribution in [3.63, 3.8) is 0 Å². The summed E-state index contributed by atoms with van der Waals surface area (Å²) in [6, 6.07) is 8.95. The smallest absolute Gasteiger partial charge is 0.307 e. The van der Waals surface area contributed by atoms with Crippen LogP contribution in [0.5, 0.6) is 0 Å². The monoisotopic (exact) mass is 443 g/mol. The van der Waals surface area contributed by atoms with Crippen molar-refractivity contribution >= 4 is 23.5 Å². The number of ether oxygens (including phenoxy) is 1. The number of carbonyl (C=O) groups excluding carboxylic acids is 3. The highest BCUT2D eigenvalue weighted by Crippen LogP contribution is 2.24. The molecule has 0 radical (unpaired) electrons. The second-order valence-corrected chi connectivity index (χ2v) is 6.81. The maximum absolute atomic E-state index is 13.8. The van der Waals surface area contributed by atoms with Crippen LogP contribution in [0.2, 0.25) is 0 Å². The van der Waals surface area contributed by atoms with Gasteiger partial charge < -0.3 is 20.2 Å². The summed E-state index contributed by atoms with van der Waals surface area (Å²) in [5.41, 5.74) is 5.90. The fourth-order valence-corrected chi connectivity index (χ4v) is 2.72. The number of oxazole rings is 1. The fourth-order valence-electron chi connectivity index (χ4n) is 2.72. The van der Waals surface area contributed by atoms with Crippen LogP contribution in [-0.2, 0) is 20.7 Å². The Kier molecular flexibility index (Phi) is 6.93. The molecule has 0 bridgehead atoms. The lowest BCUT2D eigenvalue weighted by Gasteiger charge is -2.13. The molecule has 0 spiro atoms. The molecule has 0 aliphatic heterocycles. The zero-order valence-corrected chi connectivity index (χ0v) is 16.9. The molecule has 1 aromatic heterocycles. The summed E-state index contributed by atoms with van der Waals surface area (Å²) in [6.45, 7) is 1.41. The largest absolute Gasteiger partial charge is 0.453 e. The van der Waals surface area contributed by atoms with Gasteiger partial charge in [0, 0.05) is 23.7 Å². The number of esters is 1. The van der Waals surface area contributed by atoms with Crippen LogP contribution < -0.4 is 11.1 Å². The first kappa shape index (κ1) is 22.6. The average Bonchev–Trinajstić information content (AvgIpc) is 3.21. The number of anilines is 1. The standard InChI is InChI=1S/C22H19F2N3O5/c1-12(22(30)27-15-5-2-13(3-6-15)21(25)29)31-20(28)9-8-19-26-11-18(32-19)16-7-4-14(23)10-17(16)24/h2-7,10-12H,8-9H2,1H3,(H2,25,29)(H,27,30). The highest BCUT2D eigenvalue weighted by Gasteiger charge is 2.19. The molecule has 166 valence electrons. The van der Waals surface area contributed by atoms with Crippen molar-refractivity contribution in [3.8, 4) is 11.3 Å². The lowest BCUT2D eigenvalue weighted by molar-refractivity contribution is -0.153. The molecule has 3 N–H and O–H groups in total. The van der Waals surface area contributed by atoms with Gasteiger partial charge in [0.15, 0.2) is 17.8 Å². The van der Waals surface area contributed by atoms with Gasteiger partial charge in [0.1, 0.15) is 11.6 Å². The minimum atomic E-state index is -1.08. The number of benzene rings is 2. The molecular weight excluding hydrogens is 424 g/mol. The highest BCUT2D eigenvalue weighted by atomic mass is 19.1. The SMILES string of the molecule is CC(OC(=O)CCc1ncc(-c2ccc(F)cc2F)o1)C(=O)Nc1ccc(C(N)=O)cc1. The molecule has 0 saturated carbocycles. The number of carbonyl (C=O) groups is 3. The van der Waals surface area contributed by atoms with E-state index in [2.05, 4.69) is 10.3 Å². The maximum Gasteiger partial charge on any atom is 0.307 e. The van der Waals surface area contributed by atoms with E-state index in [9.17, 15) is 23.2 Å². The van der Waals surface area contributed by atoms with Gasteiger partial charge >= 0.3 is 5.97 Å². The van der Waals surface area contributed by atoms with Gasteiger partial charge in [0.25, 0.3) is 5.91 Å². The van der Waals surface area contributed by atoms with E-state index < -0.39 is 35.5 Å². The van der Waals surface area contributed by atoms with Crippen LogP contribution in [0.4, 0.5) is 14.5 Å². The maximum atomic E-state index is 13.8. The Hall–Kier alpha value is -4.08. The molecular formula is C22H19F2N3O5. The first-order valence-corrected chi connectivity index (χ1v) is 9.53. The number of aryl methyl sites for hydroxylation is 1. The molecule has 0 aliphatic carbocycles. The van der Waals surface area contributed by atoms with E-state index in [1.54, 1.807) is 0 Å². The number of hydrogen-bond donors (Lipinski definition) is 2. The number of hydrogen-bond acceptors (Lipinski definition) is 6. The third kappa shape index (κ3) is 5.75. The molecule has 0 fully saturated rings. The number of aromatic nitrogens is 1. The third-order valence-electron chi connectivity index (χ3n) is 4.41. The van der Waals surface area contributed by atoms with Gasteiger partial charge in [-0.25, -0.2) is 13.8 Å². The zero-order valence-electron chi connectivity index (χ0n) is 16.9. The summed E-state index contributed by atoms with van der Waals surface area (Å²) < 4.78 is 37.4. The molecule has 8 nitrogen and oxygen atoms in total. The van der Waals surface area contributed by atoms with Crippen LogP contribution in [0.1, 0.15) is 29.6 Å². The predicted octanol–water partition coefficient (Wildman–Crippen LogP) is 3.22. The summed E-state index contributed by atoms with van der Waals surface area (Å²) in [6.07, 6.45) is 0.129. The number of rotatable bonds is 8. The van der Waals surface area contributed by atoms with Crippen LogP contribution in [-0.4, -0.2) is 28.9 Å². The van der Waals surface area contributed by atoms with Crippen LogP contribution in [0.25, 0.3) is 11.3 Å². The molecule has 1 heterocycles. The molecule has 32 heavy (non-hydrogen) atoms. The summed E-state index contributed by atoms with van der Waals surface area (Å²) in [5, 5.41) is 2.56. The molecule has 3 aromatic rings. The van der Waals surface area contributed by atoms with E-state index in [0.717, 1.165) is 12.1 Å². The van der Waals surface area contributed by atoms with E-state index in [0.29, 0.717) is 11.3 Å². The van der Waals surface area contributed by atoms with Gasteiger partial charge in [-0.05, 0) is 43.3 Å². The Morgan fingerprint density at radius 1 is 1.16 bits per heavy atom. The molecule has 1 unspecified atom stereocenters. The van der Waals surface area contributed by atoms with Gasteiger partial charge in [-0.1, -0.05) is 0 Å². The lowest BCUT2D eigenvalue weighted by Crippen LogP contribution is -2.30. The Morgan fingerprint density at radius 3 is 2.53 bits per heavy atom. The van der Waals surface area contributed by atoms with E-state index in [-0.39, 0.29) is 30.1 Å². The quantitative estimate of drug-likeness (QED) is 0.515. The minimum absolute atomic E-state index is 0.0434. The lowest BCUT2D eigenvalue weighted by atomic mass is 10.2. The Bertz CT molecular complexity index is 1140. The average molecular weight is 443 g/mol. The van der Waals surface area contributed by atoms with E-state index in [4.69, 9.17) is 14.9 Å². The zero-order chi connectivity index (χ0) is 23.3. The Morgan fingerprint density at radius 2 is 1.88 bits per heavy atom. The number of nitrogens with zero attached hydrogens (tertiary/aromatic N) is 1. The third-order valence-corrected chi connectivity index (χ3v) is 4.41. The van der Waals surface area contributed by atoms with Gasteiger partial charge in [-0.15, -0.1) is 0 Å². The second kappa shape index (κ2) is 9.82. The summed E-state index contributed by atoms with van der Waals surface area (Å²) in [5.74, 6) is -3.06.